The minimum atomic E-state index is -1.10. The quantitative estimate of drug-likeness (QED) is 0.679. The average Bonchev–Trinajstić information content (AvgIpc) is 2.38. The summed E-state index contributed by atoms with van der Waals surface area (Å²) in [5.41, 5.74) is -1.16. The van der Waals surface area contributed by atoms with Gasteiger partial charge in [0.2, 0.25) is 0 Å². The minimum absolute atomic E-state index is 0.0344. The molecule has 0 radical (unpaired) electrons. The molecule has 1 aromatic rings. The van der Waals surface area contributed by atoms with Crippen LogP contribution in [-0.2, 0) is 9.53 Å². The fraction of sp³-hybridized carbons (Fsp3) is 0.154. The lowest BCUT2D eigenvalue weighted by Gasteiger charge is -2.03. The maximum atomic E-state index is 13.4. The molecule has 0 saturated heterocycles. The molecule has 1 N–H and O–H groups in total. The van der Waals surface area contributed by atoms with Crippen molar-refractivity contribution < 1.29 is 23.1 Å². The van der Waals surface area contributed by atoms with Gasteiger partial charge in [0.1, 0.15) is 23.3 Å². The summed E-state index contributed by atoms with van der Waals surface area (Å²) in [4.78, 5) is 22.6. The molecular formula is C13H10F2N2O3. The molecule has 0 aromatic heterocycles. The maximum absolute atomic E-state index is 13.4. The Bertz CT molecular complexity index is 586. The predicted molar refractivity (Wildman–Crippen MR) is 65.1 cm³/mol. The first-order valence-corrected chi connectivity index (χ1v) is 5.53. The molecule has 0 aliphatic heterocycles. The number of carbonyl (C=O) groups is 2. The third kappa shape index (κ3) is 3.88. The number of rotatable bonds is 3. The van der Waals surface area contributed by atoms with Gasteiger partial charge < -0.3 is 4.74 Å². The van der Waals surface area contributed by atoms with E-state index in [2.05, 4.69) is 4.74 Å². The zero-order chi connectivity index (χ0) is 15.1. The van der Waals surface area contributed by atoms with Crippen LogP contribution in [0.15, 0.2) is 23.8 Å². The van der Waals surface area contributed by atoms with Crippen LogP contribution in [-0.4, -0.2) is 18.6 Å². The number of hydrogen-bond acceptors (Lipinski definition) is 4. The van der Waals surface area contributed by atoms with Gasteiger partial charge in [-0.15, -0.1) is 0 Å². The molecule has 0 bridgehead atoms. The Hall–Kier alpha value is -2.75. The summed E-state index contributed by atoms with van der Waals surface area (Å²) >= 11 is 0. The third-order valence-electron chi connectivity index (χ3n) is 2.14. The van der Waals surface area contributed by atoms with Crippen molar-refractivity contribution in [1.82, 2.24) is 5.32 Å². The smallest absolute Gasteiger partial charge is 0.414 e. The zero-order valence-corrected chi connectivity index (χ0v) is 10.4. The number of hydrogen-bond donors (Lipinski definition) is 1. The molecule has 1 aromatic carbocycles. The number of benzene rings is 1. The van der Waals surface area contributed by atoms with E-state index >= 15 is 0 Å². The van der Waals surface area contributed by atoms with E-state index in [0.717, 1.165) is 24.3 Å². The second-order valence-electron chi connectivity index (χ2n) is 3.48. The van der Waals surface area contributed by atoms with Crippen LogP contribution in [0.1, 0.15) is 12.5 Å². The Morgan fingerprint density at radius 2 is 2.00 bits per heavy atom. The number of carbonyl (C=O) groups excluding carboxylic acids is 2. The van der Waals surface area contributed by atoms with Crippen LogP contribution in [0.5, 0.6) is 0 Å². The molecule has 104 valence electrons. The number of alkyl carbamates (subject to hydrolysis) is 1. The van der Waals surface area contributed by atoms with Gasteiger partial charge in [0.25, 0.3) is 5.91 Å². The number of nitrogens with zero attached hydrogens (tertiary/aromatic N) is 1. The number of amides is 2. The molecule has 7 heteroatoms. The highest BCUT2D eigenvalue weighted by molar-refractivity contribution is 6.07. The summed E-state index contributed by atoms with van der Waals surface area (Å²) < 4.78 is 31.2. The van der Waals surface area contributed by atoms with E-state index in [0.29, 0.717) is 0 Å². The highest BCUT2D eigenvalue weighted by atomic mass is 19.1. The molecule has 0 aliphatic carbocycles. The van der Waals surface area contributed by atoms with Crippen LogP contribution in [0.2, 0.25) is 0 Å². The molecule has 0 saturated carbocycles. The molecular weight excluding hydrogens is 270 g/mol. The lowest BCUT2D eigenvalue weighted by molar-refractivity contribution is -0.116. The topological polar surface area (TPSA) is 79.2 Å². The van der Waals surface area contributed by atoms with Gasteiger partial charge in [-0.05, 0) is 25.1 Å². The molecule has 20 heavy (non-hydrogen) atoms. The fourth-order valence-corrected chi connectivity index (χ4v) is 1.27. The van der Waals surface area contributed by atoms with E-state index < -0.39 is 34.8 Å². The van der Waals surface area contributed by atoms with E-state index in [1.54, 1.807) is 5.32 Å². The van der Waals surface area contributed by atoms with E-state index in [1.807, 2.05) is 0 Å². The van der Waals surface area contributed by atoms with Gasteiger partial charge >= 0.3 is 6.09 Å². The van der Waals surface area contributed by atoms with E-state index in [-0.39, 0.29) is 6.61 Å². The molecule has 0 unspecified atom stereocenters. The van der Waals surface area contributed by atoms with Crippen molar-refractivity contribution in [3.63, 3.8) is 0 Å². The normalized spacial score (nSPS) is 10.6. The van der Waals surface area contributed by atoms with Gasteiger partial charge in [-0.1, -0.05) is 6.07 Å². The van der Waals surface area contributed by atoms with Crippen molar-refractivity contribution in [3.05, 3.63) is 41.0 Å². The lowest BCUT2D eigenvalue weighted by atomic mass is 10.1. The number of halogens is 2. The molecule has 0 atom stereocenters. The van der Waals surface area contributed by atoms with Crippen molar-refractivity contribution in [2.45, 2.75) is 6.92 Å². The Kier molecular flexibility index (Phi) is 5.35. The summed E-state index contributed by atoms with van der Waals surface area (Å²) in [6, 6.07) is 4.56. The zero-order valence-electron chi connectivity index (χ0n) is 10.4. The summed E-state index contributed by atoms with van der Waals surface area (Å²) in [5.74, 6) is -2.96. The molecule has 0 fully saturated rings. The van der Waals surface area contributed by atoms with Crippen molar-refractivity contribution in [1.29, 1.82) is 5.26 Å². The molecule has 0 heterocycles. The molecule has 5 nitrogen and oxygen atoms in total. The van der Waals surface area contributed by atoms with Crippen LogP contribution in [0.25, 0.3) is 6.08 Å². The van der Waals surface area contributed by atoms with E-state index in [1.165, 1.54) is 13.0 Å². The molecule has 0 aliphatic rings. The Labute approximate surface area is 113 Å². The SMILES string of the molecule is CCOC(=O)NC(=O)/C(C#N)=C/c1c(F)cccc1F. The largest absolute Gasteiger partial charge is 0.450 e. The first-order valence-electron chi connectivity index (χ1n) is 5.53. The summed E-state index contributed by atoms with van der Waals surface area (Å²) in [5, 5.41) is 10.6. The van der Waals surface area contributed by atoms with Crippen molar-refractivity contribution in [2.24, 2.45) is 0 Å². The van der Waals surface area contributed by atoms with Gasteiger partial charge in [0, 0.05) is 5.56 Å². The van der Waals surface area contributed by atoms with Gasteiger partial charge in [0.05, 0.1) is 6.61 Å². The van der Waals surface area contributed by atoms with Crippen LogP contribution < -0.4 is 5.32 Å². The van der Waals surface area contributed by atoms with Crippen molar-refractivity contribution in [3.8, 4) is 6.07 Å². The third-order valence-corrected chi connectivity index (χ3v) is 2.14. The predicted octanol–water partition coefficient (Wildman–Crippen LogP) is 2.14. The second-order valence-corrected chi connectivity index (χ2v) is 3.48. The number of imide groups is 1. The van der Waals surface area contributed by atoms with Gasteiger partial charge in [-0.3, -0.25) is 10.1 Å². The molecule has 1 rings (SSSR count). The Morgan fingerprint density at radius 3 is 2.50 bits per heavy atom. The van der Waals surface area contributed by atoms with Crippen LogP contribution in [0.4, 0.5) is 13.6 Å². The monoisotopic (exact) mass is 280 g/mol. The standard InChI is InChI=1S/C13H10F2N2O3/c1-2-20-13(19)17-12(18)8(7-16)6-9-10(14)4-3-5-11(9)15/h3-6H,2H2,1H3,(H,17,18,19)/b8-6+. The van der Waals surface area contributed by atoms with Gasteiger partial charge in [-0.2, -0.15) is 5.26 Å². The number of nitriles is 1. The van der Waals surface area contributed by atoms with Crippen molar-refractivity contribution in [2.75, 3.05) is 6.61 Å². The van der Waals surface area contributed by atoms with Crippen LogP contribution >= 0.6 is 0 Å². The molecule has 2 amide bonds. The van der Waals surface area contributed by atoms with Gasteiger partial charge in [-0.25, -0.2) is 13.6 Å². The van der Waals surface area contributed by atoms with E-state index in [4.69, 9.17) is 5.26 Å². The minimum Gasteiger partial charge on any atom is -0.450 e. The van der Waals surface area contributed by atoms with Crippen molar-refractivity contribution >= 4 is 18.1 Å². The highest BCUT2D eigenvalue weighted by Crippen LogP contribution is 2.15. The van der Waals surface area contributed by atoms with E-state index in [9.17, 15) is 18.4 Å². The second kappa shape index (κ2) is 6.99. The summed E-state index contributed by atoms with van der Waals surface area (Å²) in [7, 11) is 0. The van der Waals surface area contributed by atoms with Gasteiger partial charge in [0.15, 0.2) is 0 Å². The first-order chi connectivity index (χ1) is 9.49. The number of ether oxygens (including phenoxy) is 1. The average molecular weight is 280 g/mol. The fourth-order valence-electron chi connectivity index (χ4n) is 1.27. The Morgan fingerprint density at radius 1 is 1.40 bits per heavy atom. The highest BCUT2D eigenvalue weighted by Gasteiger charge is 2.15. The van der Waals surface area contributed by atoms with Crippen LogP contribution in [0, 0.1) is 23.0 Å². The van der Waals surface area contributed by atoms with Crippen LogP contribution in [0.3, 0.4) is 0 Å². The maximum Gasteiger partial charge on any atom is 0.414 e. The Balaban J connectivity index is 3.02. The first kappa shape index (κ1) is 15.3. The summed E-state index contributed by atoms with van der Waals surface area (Å²) in [6.07, 6.45) is -0.327. The lowest BCUT2D eigenvalue weighted by Crippen LogP contribution is -2.31. The number of nitrogens with one attached hydrogen (secondary N) is 1. The molecule has 0 spiro atoms. The summed E-state index contributed by atoms with van der Waals surface area (Å²) in [6.45, 7) is 1.56.